The van der Waals surface area contributed by atoms with Gasteiger partial charge in [-0.15, -0.1) is 0 Å². The lowest BCUT2D eigenvalue weighted by Crippen LogP contribution is -2.15. The summed E-state index contributed by atoms with van der Waals surface area (Å²) in [6.07, 6.45) is 0. The Morgan fingerprint density at radius 1 is 0.500 bits per heavy atom. The average molecular weight is 551 g/mol. The van der Waals surface area contributed by atoms with E-state index in [4.69, 9.17) is 11.5 Å². The smallest absolute Gasteiger partial charge is 0.135 e. The Morgan fingerprint density at radius 2 is 0.857 bits per heavy atom. The van der Waals surface area contributed by atoms with Crippen LogP contribution in [0.2, 0.25) is 0 Å². The largest absolute Gasteiger partial charge is 0.507 e. The summed E-state index contributed by atoms with van der Waals surface area (Å²) in [6, 6.07) is 38.6. The Kier molecular flexibility index (Phi) is 7.26. The molecule has 0 aliphatic heterocycles. The summed E-state index contributed by atoms with van der Waals surface area (Å²) in [7, 11) is 0. The van der Waals surface area contributed by atoms with E-state index in [9.17, 15) is 10.2 Å². The van der Waals surface area contributed by atoms with E-state index in [1.54, 1.807) is 0 Å². The van der Waals surface area contributed by atoms with E-state index in [1.165, 1.54) is 0 Å². The van der Waals surface area contributed by atoms with Gasteiger partial charge in [0.25, 0.3) is 0 Å². The van der Waals surface area contributed by atoms with Gasteiger partial charge in [0.15, 0.2) is 0 Å². The molecule has 0 spiro atoms. The van der Waals surface area contributed by atoms with Crippen LogP contribution in [-0.2, 0) is 13.1 Å². The normalized spacial score (nSPS) is 12.2. The molecule has 6 aromatic rings. The predicted octanol–water partition coefficient (Wildman–Crippen LogP) is 6.88. The first-order chi connectivity index (χ1) is 20.5. The summed E-state index contributed by atoms with van der Waals surface area (Å²) in [4.78, 5) is 9.17. The van der Waals surface area contributed by atoms with E-state index < -0.39 is 0 Å². The Labute approximate surface area is 243 Å². The highest BCUT2D eigenvalue weighted by molar-refractivity contribution is 6.17. The number of fused-ring (bicyclic) bond motifs is 2. The average Bonchev–Trinajstić information content (AvgIpc) is 3.03. The Balaban J connectivity index is 1.56. The van der Waals surface area contributed by atoms with Crippen LogP contribution in [0.1, 0.15) is 22.3 Å². The SMILES string of the molecule is NC(=NCc1ccccc1)c1cc2ccccc2c(-c2c(O)c(C(N)=NCc3ccccc3)cc3ccccc23)c1O. The maximum absolute atomic E-state index is 11.8. The van der Waals surface area contributed by atoms with Crippen molar-refractivity contribution in [3.63, 3.8) is 0 Å². The van der Waals surface area contributed by atoms with Gasteiger partial charge < -0.3 is 21.7 Å². The van der Waals surface area contributed by atoms with E-state index in [2.05, 4.69) is 9.98 Å². The van der Waals surface area contributed by atoms with Gasteiger partial charge in [-0.2, -0.15) is 0 Å². The first-order valence-corrected chi connectivity index (χ1v) is 13.7. The minimum atomic E-state index is -0.0691. The maximum atomic E-state index is 11.8. The molecule has 6 nitrogen and oxygen atoms in total. The van der Waals surface area contributed by atoms with Crippen molar-refractivity contribution in [1.29, 1.82) is 0 Å². The van der Waals surface area contributed by atoms with Gasteiger partial charge in [0.05, 0.1) is 24.2 Å². The van der Waals surface area contributed by atoms with Gasteiger partial charge in [-0.3, -0.25) is 9.98 Å². The number of rotatable bonds is 7. The molecule has 0 saturated heterocycles. The van der Waals surface area contributed by atoms with Crippen molar-refractivity contribution in [1.82, 2.24) is 0 Å². The molecule has 206 valence electrons. The van der Waals surface area contributed by atoms with Crippen LogP contribution in [0, 0.1) is 0 Å². The molecule has 0 saturated carbocycles. The zero-order chi connectivity index (χ0) is 29.1. The number of hydrogen-bond donors (Lipinski definition) is 4. The highest BCUT2D eigenvalue weighted by Gasteiger charge is 2.24. The number of phenolic OH excluding ortho intramolecular Hbond substituents is 2. The first-order valence-electron chi connectivity index (χ1n) is 13.7. The topological polar surface area (TPSA) is 117 Å². The molecule has 0 fully saturated rings. The second-order valence-electron chi connectivity index (χ2n) is 10.1. The third-order valence-corrected chi connectivity index (χ3v) is 7.40. The van der Waals surface area contributed by atoms with Crippen LogP contribution in [0.3, 0.4) is 0 Å². The molecule has 0 aliphatic rings. The third kappa shape index (κ3) is 5.13. The van der Waals surface area contributed by atoms with Crippen LogP contribution in [0.5, 0.6) is 11.5 Å². The van der Waals surface area contributed by atoms with E-state index in [0.717, 1.165) is 32.7 Å². The second-order valence-corrected chi connectivity index (χ2v) is 10.1. The van der Waals surface area contributed by atoms with Crippen LogP contribution in [0.15, 0.2) is 131 Å². The van der Waals surface area contributed by atoms with Crippen molar-refractivity contribution in [3.8, 4) is 22.6 Å². The molecule has 6 heteroatoms. The van der Waals surface area contributed by atoms with E-state index in [0.29, 0.717) is 35.3 Å². The van der Waals surface area contributed by atoms with Crippen LogP contribution in [0.25, 0.3) is 32.7 Å². The van der Waals surface area contributed by atoms with Crippen molar-refractivity contribution in [3.05, 3.63) is 144 Å². The quantitative estimate of drug-likeness (QED) is 0.128. The molecule has 0 heterocycles. The van der Waals surface area contributed by atoms with Crippen LogP contribution >= 0.6 is 0 Å². The summed E-state index contributed by atoms with van der Waals surface area (Å²) < 4.78 is 0. The number of nitrogens with zero attached hydrogens (tertiary/aromatic N) is 2. The molecular formula is C36H30N4O2. The van der Waals surface area contributed by atoms with E-state index >= 15 is 0 Å². The van der Waals surface area contributed by atoms with Crippen LogP contribution in [-0.4, -0.2) is 21.9 Å². The van der Waals surface area contributed by atoms with Gasteiger partial charge in [-0.05, 0) is 44.8 Å². The van der Waals surface area contributed by atoms with Crippen molar-refractivity contribution in [2.24, 2.45) is 21.5 Å². The standard InChI is InChI=1S/C36H30N4O2/c37-35(39-21-23-11-3-1-4-12-23)29-19-25-15-7-9-17-27(25)31(33(29)41)32-28-18-10-8-16-26(28)20-30(34(32)42)36(38)40-22-24-13-5-2-6-14-24/h1-20,41-42H,21-22H2,(H2,37,39)(H2,38,40). The van der Waals surface area contributed by atoms with Crippen molar-refractivity contribution in [2.75, 3.05) is 0 Å². The molecule has 0 atom stereocenters. The minimum Gasteiger partial charge on any atom is -0.507 e. The lowest BCUT2D eigenvalue weighted by atomic mass is 9.88. The fourth-order valence-corrected chi connectivity index (χ4v) is 5.26. The molecular weight excluding hydrogens is 520 g/mol. The van der Waals surface area contributed by atoms with Crippen LogP contribution < -0.4 is 11.5 Å². The third-order valence-electron chi connectivity index (χ3n) is 7.40. The van der Waals surface area contributed by atoms with Crippen LogP contribution in [0.4, 0.5) is 0 Å². The number of hydrogen-bond acceptors (Lipinski definition) is 4. The molecule has 0 aromatic heterocycles. The fourth-order valence-electron chi connectivity index (χ4n) is 5.26. The van der Waals surface area contributed by atoms with Gasteiger partial charge in [0, 0.05) is 11.1 Å². The van der Waals surface area contributed by atoms with E-state index in [-0.39, 0.29) is 23.2 Å². The highest BCUT2D eigenvalue weighted by Crippen LogP contribution is 2.47. The molecule has 0 amide bonds. The van der Waals surface area contributed by atoms with Gasteiger partial charge >= 0.3 is 0 Å². The highest BCUT2D eigenvalue weighted by atomic mass is 16.3. The number of nitrogens with two attached hydrogens (primary N) is 2. The Hall–Kier alpha value is -5.62. The molecule has 0 unspecified atom stereocenters. The summed E-state index contributed by atoms with van der Waals surface area (Å²) in [5.74, 6) is 0.264. The minimum absolute atomic E-state index is 0.0691. The molecule has 6 aromatic carbocycles. The van der Waals surface area contributed by atoms with Crippen molar-refractivity contribution >= 4 is 33.2 Å². The fraction of sp³-hybridized carbons (Fsp3) is 0.0556. The lowest BCUT2D eigenvalue weighted by Gasteiger charge is -2.19. The monoisotopic (exact) mass is 550 g/mol. The summed E-state index contributed by atoms with van der Waals surface area (Å²) in [5.41, 5.74) is 16.7. The van der Waals surface area contributed by atoms with Gasteiger partial charge in [0.1, 0.15) is 23.2 Å². The number of phenols is 2. The second kappa shape index (κ2) is 11.5. The zero-order valence-corrected chi connectivity index (χ0v) is 22.9. The van der Waals surface area contributed by atoms with Gasteiger partial charge in [-0.1, -0.05) is 109 Å². The molecule has 0 aliphatic carbocycles. The summed E-state index contributed by atoms with van der Waals surface area (Å²) in [6.45, 7) is 0.735. The Morgan fingerprint density at radius 3 is 1.26 bits per heavy atom. The zero-order valence-electron chi connectivity index (χ0n) is 22.9. The number of benzene rings is 6. The Bertz CT molecular complexity index is 1820. The van der Waals surface area contributed by atoms with Crippen molar-refractivity contribution < 1.29 is 10.2 Å². The predicted molar refractivity (Wildman–Crippen MR) is 172 cm³/mol. The number of aromatic hydroxyl groups is 2. The molecule has 6 N–H and O–H groups in total. The maximum Gasteiger partial charge on any atom is 0.135 e. The first kappa shape index (κ1) is 26.6. The lowest BCUT2D eigenvalue weighted by molar-refractivity contribution is 0.469. The molecule has 0 bridgehead atoms. The summed E-state index contributed by atoms with van der Waals surface area (Å²) in [5, 5.41) is 26.9. The molecule has 0 radical (unpaired) electrons. The number of aliphatic imine (C=N–C) groups is 2. The van der Waals surface area contributed by atoms with Crippen molar-refractivity contribution in [2.45, 2.75) is 13.1 Å². The van der Waals surface area contributed by atoms with Gasteiger partial charge in [0.2, 0.25) is 0 Å². The summed E-state index contributed by atoms with van der Waals surface area (Å²) >= 11 is 0. The van der Waals surface area contributed by atoms with E-state index in [1.807, 2.05) is 121 Å². The molecule has 42 heavy (non-hydrogen) atoms. The van der Waals surface area contributed by atoms with Gasteiger partial charge in [-0.25, -0.2) is 0 Å². The molecule has 6 rings (SSSR count). The number of amidine groups is 2.